The van der Waals surface area contributed by atoms with E-state index in [-0.39, 0.29) is 12.4 Å². The van der Waals surface area contributed by atoms with Gasteiger partial charge in [-0.15, -0.1) is 11.3 Å². The molecule has 0 saturated heterocycles. The van der Waals surface area contributed by atoms with Gasteiger partial charge in [0.05, 0.1) is 11.9 Å². The van der Waals surface area contributed by atoms with Crippen molar-refractivity contribution in [2.45, 2.75) is 6.54 Å². The molecule has 0 saturated carbocycles. The Morgan fingerprint density at radius 2 is 1.90 bits per heavy atom. The third-order valence-electron chi connectivity index (χ3n) is 3.18. The fraction of sp³-hybridized carbons (Fsp3) is 0.143. The van der Waals surface area contributed by atoms with Gasteiger partial charge in [-0.1, -0.05) is 12.1 Å². The molecule has 4 nitrogen and oxygen atoms in total. The Bertz CT molecular complexity index is 909. The summed E-state index contributed by atoms with van der Waals surface area (Å²) in [5.41, 5.74) is 0.104. The van der Waals surface area contributed by atoms with Crippen LogP contribution in [0, 0.1) is 5.82 Å². The Morgan fingerprint density at radius 3 is 2.57 bits per heavy atom. The Balaban J connectivity index is 2.30. The summed E-state index contributed by atoms with van der Waals surface area (Å²) in [7, 11) is 0. The lowest BCUT2D eigenvalue weighted by Gasteiger charge is -2.03. The summed E-state index contributed by atoms with van der Waals surface area (Å²) >= 11 is 1.21. The number of alkyl halides is 1. The zero-order valence-electron chi connectivity index (χ0n) is 10.7. The lowest BCUT2D eigenvalue weighted by atomic mass is 10.1. The number of aromatic amines is 1. The van der Waals surface area contributed by atoms with Crippen LogP contribution in [0.1, 0.15) is 0 Å². The average Bonchev–Trinajstić information content (AvgIpc) is 2.88. The molecule has 1 aromatic carbocycles. The summed E-state index contributed by atoms with van der Waals surface area (Å²) in [4.78, 5) is 27.1. The number of nitrogens with zero attached hydrogens (tertiary/aromatic N) is 1. The number of hydrogen-bond donors (Lipinski definition) is 1. The fourth-order valence-electron chi connectivity index (χ4n) is 2.18. The van der Waals surface area contributed by atoms with E-state index in [1.165, 1.54) is 23.5 Å². The Labute approximate surface area is 121 Å². The molecule has 0 aliphatic carbocycles. The minimum atomic E-state index is -0.801. The third kappa shape index (κ3) is 2.29. The molecule has 7 heteroatoms. The Morgan fingerprint density at radius 1 is 1.19 bits per heavy atom. The molecule has 0 radical (unpaired) electrons. The first-order valence-electron chi connectivity index (χ1n) is 6.18. The van der Waals surface area contributed by atoms with Crippen LogP contribution in [0.5, 0.6) is 0 Å². The van der Waals surface area contributed by atoms with Crippen LogP contribution in [0.3, 0.4) is 0 Å². The second-order valence-corrected chi connectivity index (χ2v) is 5.32. The van der Waals surface area contributed by atoms with Gasteiger partial charge in [-0.2, -0.15) is 0 Å². The quantitative estimate of drug-likeness (QED) is 0.808. The van der Waals surface area contributed by atoms with E-state index in [4.69, 9.17) is 0 Å². The van der Waals surface area contributed by atoms with Crippen LogP contribution in [0.2, 0.25) is 0 Å². The third-order valence-corrected chi connectivity index (χ3v) is 4.07. The van der Waals surface area contributed by atoms with Gasteiger partial charge in [0.15, 0.2) is 0 Å². The van der Waals surface area contributed by atoms with Crippen molar-refractivity contribution < 1.29 is 8.78 Å². The highest BCUT2D eigenvalue weighted by molar-refractivity contribution is 7.17. The van der Waals surface area contributed by atoms with Crippen LogP contribution in [-0.2, 0) is 6.54 Å². The van der Waals surface area contributed by atoms with Crippen LogP contribution >= 0.6 is 11.3 Å². The van der Waals surface area contributed by atoms with Crippen LogP contribution in [0.15, 0.2) is 39.2 Å². The second kappa shape index (κ2) is 5.25. The zero-order chi connectivity index (χ0) is 15.0. The summed E-state index contributed by atoms with van der Waals surface area (Å²) in [6.45, 7) is -1.09. The average molecular weight is 308 g/mol. The molecule has 0 aliphatic heterocycles. The van der Waals surface area contributed by atoms with Crippen LogP contribution in [0.25, 0.3) is 21.3 Å². The smallest absolute Gasteiger partial charge is 0.298 e. The highest BCUT2D eigenvalue weighted by atomic mass is 32.1. The highest BCUT2D eigenvalue weighted by Crippen LogP contribution is 2.30. The SMILES string of the molecule is O=c1[nH]c2scc(-c3ccc(F)cc3)c2c(=O)n1CCF. The molecule has 0 atom stereocenters. The summed E-state index contributed by atoms with van der Waals surface area (Å²) in [5, 5.41) is 2.04. The van der Waals surface area contributed by atoms with Crippen molar-refractivity contribution in [3.63, 3.8) is 0 Å². The second-order valence-electron chi connectivity index (χ2n) is 4.44. The van der Waals surface area contributed by atoms with E-state index in [1.807, 2.05) is 0 Å². The lowest BCUT2D eigenvalue weighted by Crippen LogP contribution is -2.35. The van der Waals surface area contributed by atoms with Crippen molar-refractivity contribution in [3.8, 4) is 11.1 Å². The normalized spacial score (nSPS) is 11.1. The van der Waals surface area contributed by atoms with Gasteiger partial charge in [0.25, 0.3) is 5.56 Å². The van der Waals surface area contributed by atoms with Gasteiger partial charge in [-0.05, 0) is 17.7 Å². The molecule has 0 aliphatic rings. The highest BCUT2D eigenvalue weighted by Gasteiger charge is 2.14. The molecule has 0 amide bonds. The molecule has 2 heterocycles. The minimum absolute atomic E-state index is 0.289. The van der Waals surface area contributed by atoms with E-state index in [2.05, 4.69) is 4.98 Å². The molecule has 3 aromatic rings. The number of rotatable bonds is 3. The zero-order valence-corrected chi connectivity index (χ0v) is 11.5. The fourth-order valence-corrected chi connectivity index (χ4v) is 3.13. The van der Waals surface area contributed by atoms with Crippen LogP contribution < -0.4 is 11.2 Å². The van der Waals surface area contributed by atoms with Crippen molar-refractivity contribution in [1.82, 2.24) is 9.55 Å². The van der Waals surface area contributed by atoms with E-state index >= 15 is 0 Å². The van der Waals surface area contributed by atoms with E-state index in [0.717, 1.165) is 4.57 Å². The minimum Gasteiger partial charge on any atom is -0.298 e. The van der Waals surface area contributed by atoms with Crippen LogP contribution in [0.4, 0.5) is 8.78 Å². The van der Waals surface area contributed by atoms with E-state index in [1.54, 1.807) is 17.5 Å². The summed E-state index contributed by atoms with van der Waals surface area (Å²) in [6, 6.07) is 5.71. The molecule has 1 N–H and O–H groups in total. The number of nitrogens with one attached hydrogen (secondary N) is 1. The van der Waals surface area contributed by atoms with Gasteiger partial charge in [0.1, 0.15) is 17.3 Å². The number of H-pyrrole nitrogens is 1. The number of hydrogen-bond acceptors (Lipinski definition) is 3. The predicted molar refractivity (Wildman–Crippen MR) is 78.1 cm³/mol. The lowest BCUT2D eigenvalue weighted by molar-refractivity contribution is 0.434. The van der Waals surface area contributed by atoms with Crippen molar-refractivity contribution >= 4 is 21.6 Å². The van der Waals surface area contributed by atoms with Gasteiger partial charge < -0.3 is 0 Å². The summed E-state index contributed by atoms with van der Waals surface area (Å²) < 4.78 is 26.3. The maximum atomic E-state index is 13.0. The number of halogens is 2. The Hall–Kier alpha value is -2.28. The summed E-state index contributed by atoms with van der Waals surface area (Å²) in [5.74, 6) is -0.374. The van der Waals surface area contributed by atoms with Gasteiger partial charge in [-0.3, -0.25) is 14.3 Å². The first-order valence-corrected chi connectivity index (χ1v) is 7.06. The van der Waals surface area contributed by atoms with E-state index < -0.39 is 17.9 Å². The molecule has 0 spiro atoms. The molecule has 3 rings (SSSR count). The van der Waals surface area contributed by atoms with Crippen molar-refractivity contribution in [2.75, 3.05) is 6.67 Å². The largest absolute Gasteiger partial charge is 0.329 e. The monoisotopic (exact) mass is 308 g/mol. The number of benzene rings is 1. The number of thiophene rings is 1. The first-order chi connectivity index (χ1) is 10.1. The Kier molecular flexibility index (Phi) is 3.42. The van der Waals surface area contributed by atoms with E-state index in [9.17, 15) is 18.4 Å². The molecule has 2 aromatic heterocycles. The predicted octanol–water partition coefficient (Wildman–Crippen LogP) is 2.53. The van der Waals surface area contributed by atoms with Crippen molar-refractivity contribution in [2.24, 2.45) is 0 Å². The molecule has 0 unspecified atom stereocenters. The molecule has 108 valence electrons. The van der Waals surface area contributed by atoms with Gasteiger partial charge in [0, 0.05) is 10.9 Å². The first kappa shape index (κ1) is 13.7. The summed E-state index contributed by atoms with van der Waals surface area (Å²) in [6.07, 6.45) is 0. The number of aromatic nitrogens is 2. The van der Waals surface area contributed by atoms with Gasteiger partial charge in [0.2, 0.25) is 0 Å². The van der Waals surface area contributed by atoms with Crippen molar-refractivity contribution in [3.05, 3.63) is 56.3 Å². The van der Waals surface area contributed by atoms with Gasteiger partial charge >= 0.3 is 5.69 Å². The molecule has 0 fully saturated rings. The van der Waals surface area contributed by atoms with Gasteiger partial charge in [-0.25, -0.2) is 13.6 Å². The van der Waals surface area contributed by atoms with E-state index in [0.29, 0.717) is 21.3 Å². The standard InChI is InChI=1S/C14H10F2N2O2S/c15-5-6-18-13(19)11-10(7-21-12(11)17-14(18)20)8-1-3-9(16)4-2-8/h1-4,7H,5-6H2,(H,17,20). The maximum Gasteiger partial charge on any atom is 0.329 e. The molecule has 0 bridgehead atoms. The number of fused-ring (bicyclic) bond motifs is 1. The maximum absolute atomic E-state index is 13.0. The molecular weight excluding hydrogens is 298 g/mol. The van der Waals surface area contributed by atoms with Crippen molar-refractivity contribution in [1.29, 1.82) is 0 Å². The van der Waals surface area contributed by atoms with Crippen LogP contribution in [-0.4, -0.2) is 16.2 Å². The molecular formula is C14H10F2N2O2S. The molecule has 21 heavy (non-hydrogen) atoms. The topological polar surface area (TPSA) is 54.9 Å².